The van der Waals surface area contributed by atoms with Gasteiger partial charge in [0, 0.05) is 76.2 Å². The molecule has 0 N–H and O–H groups in total. The zero-order valence-corrected chi connectivity index (χ0v) is 40.9. The highest BCUT2D eigenvalue weighted by Crippen LogP contribution is 2.44. The lowest BCUT2D eigenvalue weighted by Crippen LogP contribution is -2.00. The number of para-hydroxylation sites is 4. The number of benzene rings is 11. The van der Waals surface area contributed by atoms with Gasteiger partial charge in [0.2, 0.25) is 0 Å². The van der Waals surface area contributed by atoms with Gasteiger partial charge in [0.25, 0.3) is 0 Å². The average molecular weight is 987 g/mol. The van der Waals surface area contributed by atoms with Crippen LogP contribution in [0.4, 0.5) is 0 Å². The summed E-state index contributed by atoms with van der Waals surface area (Å²) in [6, 6.07) is 79.9. The first-order valence-electron chi connectivity index (χ1n) is 25.7. The van der Waals surface area contributed by atoms with Gasteiger partial charge >= 0.3 is 0 Å². The Kier molecular flexibility index (Phi) is 8.68. The second-order valence-corrected chi connectivity index (χ2v) is 19.8. The average Bonchev–Trinajstić information content (AvgIpc) is 4.35. The summed E-state index contributed by atoms with van der Waals surface area (Å²) in [4.78, 5) is 15.7. The first-order valence-corrected chi connectivity index (χ1v) is 25.7. The summed E-state index contributed by atoms with van der Waals surface area (Å²) in [6.07, 6.45) is 0. The monoisotopic (exact) mass is 986 g/mol. The normalized spacial score (nSPS) is 12.2. The third-order valence-corrected chi connectivity index (χ3v) is 15.5. The van der Waals surface area contributed by atoms with Crippen molar-refractivity contribution in [3.8, 4) is 62.1 Å². The first kappa shape index (κ1) is 41.9. The number of hydrogen-bond acceptors (Lipinski definition) is 7. The molecule has 0 bridgehead atoms. The van der Waals surface area contributed by atoms with Crippen molar-refractivity contribution in [1.29, 1.82) is 0 Å². The Morgan fingerprint density at radius 2 is 0.701 bits per heavy atom. The largest absolute Gasteiger partial charge is 0.456 e. The van der Waals surface area contributed by atoms with Crippen molar-refractivity contribution in [3.05, 3.63) is 231 Å². The topological polar surface area (TPSA) is 96.2 Å². The van der Waals surface area contributed by atoms with E-state index < -0.39 is 0 Å². The molecule has 17 rings (SSSR count). The smallest absolute Gasteiger partial charge is 0.164 e. The van der Waals surface area contributed by atoms with Crippen LogP contribution in [0.5, 0.6) is 0 Å². The van der Waals surface area contributed by atoms with Crippen molar-refractivity contribution in [1.82, 2.24) is 19.5 Å². The van der Waals surface area contributed by atoms with E-state index in [9.17, 15) is 0 Å². The maximum atomic E-state index is 6.73. The van der Waals surface area contributed by atoms with Gasteiger partial charge in [-0.3, -0.25) is 0 Å². The lowest BCUT2D eigenvalue weighted by atomic mass is 9.96. The van der Waals surface area contributed by atoms with E-state index in [1.807, 2.05) is 60.7 Å². The van der Waals surface area contributed by atoms with Crippen molar-refractivity contribution >= 4 is 110 Å². The summed E-state index contributed by atoms with van der Waals surface area (Å²) in [7, 11) is 0. The van der Waals surface area contributed by atoms with E-state index in [2.05, 4.69) is 174 Å². The maximum Gasteiger partial charge on any atom is 0.164 e. The van der Waals surface area contributed by atoms with Gasteiger partial charge in [0.05, 0.1) is 11.0 Å². The Hall–Kier alpha value is -10.6. The van der Waals surface area contributed by atoms with Gasteiger partial charge in [0.15, 0.2) is 17.5 Å². The molecule has 17 aromatic rings. The van der Waals surface area contributed by atoms with E-state index >= 15 is 0 Å². The lowest BCUT2D eigenvalue weighted by Gasteiger charge is -2.10. The second kappa shape index (κ2) is 16.0. The van der Waals surface area contributed by atoms with Gasteiger partial charge < -0.3 is 22.2 Å². The van der Waals surface area contributed by atoms with Gasteiger partial charge in [-0.25, -0.2) is 15.0 Å². The van der Waals surface area contributed by atoms with E-state index in [0.717, 1.165) is 132 Å². The predicted octanol–water partition coefficient (Wildman–Crippen LogP) is 18.9. The molecule has 0 atom stereocenters. The van der Waals surface area contributed by atoms with Crippen LogP contribution in [0.15, 0.2) is 248 Å². The van der Waals surface area contributed by atoms with E-state index in [0.29, 0.717) is 17.5 Å². The van der Waals surface area contributed by atoms with Crippen LogP contribution >= 0.6 is 0 Å². The fourth-order valence-electron chi connectivity index (χ4n) is 11.9. The van der Waals surface area contributed by atoms with E-state index in [1.165, 1.54) is 21.8 Å². The zero-order valence-electron chi connectivity index (χ0n) is 40.9. The molecule has 0 unspecified atom stereocenters. The molecule has 6 aromatic heterocycles. The SMILES string of the molecule is c1ccc(-n2c3ccccc3c3cc(-c4ccc5c(c4)oc4cccc(-c6ccc7oc8cccc(-c9nc(-c%10ccc%11c(c%10)oc%10ccccc%10%11)nc(-c%10ccc%11c(c%10)oc%10ccccc%10%11)n9)c8c7c6)c45)ccc32)cc1. The number of nitrogens with zero attached hydrogens (tertiary/aromatic N) is 4. The van der Waals surface area contributed by atoms with Crippen LogP contribution in [-0.2, 0) is 0 Å². The molecule has 0 aliphatic heterocycles. The molecule has 8 heteroatoms. The van der Waals surface area contributed by atoms with Crippen LogP contribution in [-0.4, -0.2) is 19.5 Å². The van der Waals surface area contributed by atoms with Crippen LogP contribution < -0.4 is 0 Å². The summed E-state index contributed by atoms with van der Waals surface area (Å²) in [5, 5.41) is 10.6. The van der Waals surface area contributed by atoms with Crippen molar-refractivity contribution in [2.75, 3.05) is 0 Å². The highest BCUT2D eigenvalue weighted by molar-refractivity contribution is 6.17. The number of furan rings is 4. The molecular formula is C69H38N4O4. The molecule has 0 radical (unpaired) electrons. The number of fused-ring (bicyclic) bond motifs is 15. The molecule has 0 saturated carbocycles. The molecule has 0 saturated heterocycles. The van der Waals surface area contributed by atoms with Crippen LogP contribution in [0.2, 0.25) is 0 Å². The molecule has 0 spiro atoms. The Morgan fingerprint density at radius 3 is 1.43 bits per heavy atom. The predicted molar refractivity (Wildman–Crippen MR) is 310 cm³/mol. The fraction of sp³-hybridized carbons (Fsp3) is 0. The van der Waals surface area contributed by atoms with Gasteiger partial charge in [-0.1, -0.05) is 127 Å². The Morgan fingerprint density at radius 1 is 0.247 bits per heavy atom. The minimum atomic E-state index is 0.512. The molecular weight excluding hydrogens is 949 g/mol. The molecule has 0 aliphatic rings. The minimum Gasteiger partial charge on any atom is -0.456 e. The highest BCUT2D eigenvalue weighted by Gasteiger charge is 2.22. The zero-order chi connectivity index (χ0) is 50.3. The van der Waals surface area contributed by atoms with Crippen LogP contribution in [0, 0.1) is 0 Å². The number of rotatable bonds is 6. The van der Waals surface area contributed by atoms with Crippen LogP contribution in [0.3, 0.4) is 0 Å². The standard InChI is InChI=1S/C69H38N4O4/c1-2-12-44(13-3-1)73-55-19-7-4-14-46(55)53-34-39(27-32-56(53)73)40-24-31-51-64(36-40)77-60-22-10-17-45(65(51)60)41-28-33-59-54(35-41)66-52(18-11-23-61(66)74-59)69-71-67(42-25-29-49-47-15-5-8-20-57(47)75-62(49)37-42)70-68(72-69)43-26-30-50-48-16-6-9-21-58(48)76-63(50)38-43/h1-38H. The van der Waals surface area contributed by atoms with Crippen molar-refractivity contribution in [2.24, 2.45) is 0 Å². The van der Waals surface area contributed by atoms with Crippen molar-refractivity contribution in [2.45, 2.75) is 0 Å². The fourth-order valence-corrected chi connectivity index (χ4v) is 11.9. The third kappa shape index (κ3) is 6.36. The van der Waals surface area contributed by atoms with Gasteiger partial charge in [0.1, 0.15) is 44.7 Å². The molecule has 8 nitrogen and oxygen atoms in total. The summed E-state index contributed by atoms with van der Waals surface area (Å²) >= 11 is 0. The summed E-state index contributed by atoms with van der Waals surface area (Å²) in [5.41, 5.74) is 16.5. The highest BCUT2D eigenvalue weighted by atomic mass is 16.3. The van der Waals surface area contributed by atoms with Gasteiger partial charge in [-0.15, -0.1) is 0 Å². The number of aromatic nitrogens is 4. The molecule has 0 fully saturated rings. The Balaban J connectivity index is 0.801. The number of hydrogen-bond donors (Lipinski definition) is 0. The molecule has 77 heavy (non-hydrogen) atoms. The quantitative estimate of drug-likeness (QED) is 0.164. The molecule has 6 heterocycles. The molecule has 0 amide bonds. The van der Waals surface area contributed by atoms with Crippen molar-refractivity contribution in [3.63, 3.8) is 0 Å². The molecule has 358 valence electrons. The second-order valence-electron chi connectivity index (χ2n) is 19.8. The van der Waals surface area contributed by atoms with Crippen LogP contribution in [0.1, 0.15) is 0 Å². The van der Waals surface area contributed by atoms with Crippen molar-refractivity contribution < 1.29 is 17.7 Å². The maximum absolute atomic E-state index is 6.73. The van der Waals surface area contributed by atoms with E-state index in [1.54, 1.807) is 0 Å². The third-order valence-electron chi connectivity index (χ3n) is 15.5. The molecule has 11 aromatic carbocycles. The summed E-state index contributed by atoms with van der Waals surface area (Å²) < 4.78 is 28.5. The first-order chi connectivity index (χ1) is 38.1. The lowest BCUT2D eigenvalue weighted by molar-refractivity contribution is 0.668. The van der Waals surface area contributed by atoms with Gasteiger partial charge in [-0.05, 0) is 125 Å². The summed E-state index contributed by atoms with van der Waals surface area (Å²) in [6.45, 7) is 0. The van der Waals surface area contributed by atoms with Crippen LogP contribution in [0.25, 0.3) is 172 Å². The molecule has 0 aliphatic carbocycles. The Bertz CT molecular complexity index is 5170. The van der Waals surface area contributed by atoms with E-state index in [-0.39, 0.29) is 0 Å². The Labute approximate surface area is 437 Å². The van der Waals surface area contributed by atoms with E-state index in [4.69, 9.17) is 32.6 Å². The van der Waals surface area contributed by atoms with Gasteiger partial charge in [-0.2, -0.15) is 0 Å². The minimum absolute atomic E-state index is 0.512. The summed E-state index contributed by atoms with van der Waals surface area (Å²) in [5.74, 6) is 1.54.